The van der Waals surface area contributed by atoms with Crippen molar-refractivity contribution in [1.29, 1.82) is 0 Å². The molecular formula is C99H88B2F10N30O4. The second-order valence-electron chi connectivity index (χ2n) is 34.1. The number of imidazole rings is 5. The number of rotatable bonds is 21. The molecule has 46 heteroatoms. The monoisotopic (exact) mass is 1970 g/mol. The van der Waals surface area contributed by atoms with Crippen LogP contribution in [0.25, 0.3) is 84.3 Å². The summed E-state index contributed by atoms with van der Waals surface area (Å²) < 4.78 is 151. The molecule has 1 aliphatic heterocycles. The van der Waals surface area contributed by atoms with Crippen LogP contribution in [0, 0.1) is 57.9 Å². The molecule has 14 heterocycles. The van der Waals surface area contributed by atoms with Crippen molar-refractivity contribution in [2.24, 2.45) is 0 Å². The quantitative estimate of drug-likeness (QED) is 0.0245. The number of hydrogen-bond donors (Lipinski definition) is 8. The zero-order chi connectivity index (χ0) is 102. The Bertz CT molecular complexity index is 8020. The SMILES string of the molecule is Cc1nc2cc(F)c(F)cc2n1-c1cncc(Nc2ccc(NCCN(C)C)nc2)n1.Cc1nc2cc(F)ccc2n1-c1cncc(Nc2ccc(C(F)(F)F)nc2)n1.Cc1nc2ccc(F)cc2n1-c1cncc(Nc2ccc(C(F)(F)F)nc2)n1.Cc1nc2ccccc2n1-c1cncc(Nc2ccc(B(O)O)cc2)n1.Cc1nc2ccccc2n1-c1cncc(Nc2ccc(B3OC(C)(C)C(C)(C)O3)cc2)n1. The van der Waals surface area contributed by atoms with Crippen LogP contribution in [-0.2, 0) is 21.7 Å². The molecule has 0 amide bonds. The maximum atomic E-state index is 13.8. The topological polar surface area (TPSA) is 391 Å². The van der Waals surface area contributed by atoms with E-state index in [9.17, 15) is 43.9 Å². The van der Waals surface area contributed by atoms with E-state index in [0.717, 1.165) is 118 Å². The summed E-state index contributed by atoms with van der Waals surface area (Å²) in [4.78, 5) is 79.3. The fraction of sp³-hybridized carbons (Fsp3) is 0.172. The first-order valence-corrected chi connectivity index (χ1v) is 44.7. The molecule has 21 rings (SSSR count). The number of aromatic nitrogens is 23. The molecule has 8 N–H and O–H groups in total. The molecule has 7 aromatic carbocycles. The Balaban J connectivity index is 0.000000124. The van der Waals surface area contributed by atoms with E-state index in [1.165, 1.54) is 67.4 Å². The maximum Gasteiger partial charge on any atom is 0.494 e. The van der Waals surface area contributed by atoms with Gasteiger partial charge in [-0.3, -0.25) is 47.8 Å². The zero-order valence-electron chi connectivity index (χ0n) is 79.1. The third-order valence-corrected chi connectivity index (χ3v) is 22.9. The van der Waals surface area contributed by atoms with Crippen LogP contribution in [0.3, 0.4) is 0 Å². The van der Waals surface area contributed by atoms with Gasteiger partial charge in [0.1, 0.15) is 58.0 Å². The van der Waals surface area contributed by atoms with Crippen molar-refractivity contribution in [3.8, 4) is 29.1 Å². The molecular weight excluding hydrogens is 1880 g/mol. The van der Waals surface area contributed by atoms with Gasteiger partial charge in [0.2, 0.25) is 0 Å². The minimum absolute atomic E-state index is 0.289. The highest BCUT2D eigenvalue weighted by atomic mass is 19.4. The second-order valence-corrected chi connectivity index (χ2v) is 34.1. The first-order chi connectivity index (χ1) is 69.4. The summed E-state index contributed by atoms with van der Waals surface area (Å²) in [6.45, 7) is 19.1. The molecule has 1 saturated heterocycles. The molecule has 0 bridgehead atoms. The van der Waals surface area contributed by atoms with E-state index in [1.54, 1.807) is 108 Å². The largest absolute Gasteiger partial charge is 0.494 e. The highest BCUT2D eigenvalue weighted by Crippen LogP contribution is 2.38. The summed E-state index contributed by atoms with van der Waals surface area (Å²) in [5.74, 6) is 6.46. The Morgan fingerprint density at radius 2 is 0.683 bits per heavy atom. The first kappa shape index (κ1) is 99.3. The van der Waals surface area contributed by atoms with Crippen molar-refractivity contribution in [2.45, 2.75) is 85.9 Å². The molecule has 0 unspecified atom stereocenters. The molecule has 1 aliphatic rings. The molecule has 145 heavy (non-hydrogen) atoms. The fourth-order valence-electron chi connectivity index (χ4n) is 15.3. The van der Waals surface area contributed by atoms with Gasteiger partial charge in [-0.1, -0.05) is 48.5 Å². The van der Waals surface area contributed by atoms with Crippen molar-refractivity contribution in [3.05, 3.63) is 326 Å². The van der Waals surface area contributed by atoms with Gasteiger partial charge < -0.3 is 56.2 Å². The summed E-state index contributed by atoms with van der Waals surface area (Å²) >= 11 is 0. The predicted octanol–water partition coefficient (Wildman–Crippen LogP) is 18.1. The van der Waals surface area contributed by atoms with Crippen LogP contribution in [-0.4, -0.2) is 180 Å². The number of nitrogens with one attached hydrogen (secondary N) is 6. The van der Waals surface area contributed by atoms with Crippen LogP contribution in [0.15, 0.2) is 263 Å². The minimum Gasteiger partial charge on any atom is -0.423 e. The number of aryl methyl sites for hydroxylation is 5. The Hall–Kier alpha value is -17.2. The summed E-state index contributed by atoms with van der Waals surface area (Å²) in [6.07, 6.45) is 10.5. The van der Waals surface area contributed by atoms with Crippen molar-refractivity contribution in [2.75, 3.05) is 59.1 Å². The number of halogens is 10. The normalized spacial score (nSPS) is 12.7. The average Bonchev–Trinajstić information content (AvgIpc) is 1.63. The number of anilines is 11. The molecule has 0 aliphatic carbocycles. The number of fused-ring (bicyclic) bond motifs is 5. The molecule has 1 fully saturated rings. The van der Waals surface area contributed by atoms with Gasteiger partial charge >= 0.3 is 26.6 Å². The van der Waals surface area contributed by atoms with Crippen LogP contribution in [0.1, 0.15) is 68.2 Å². The lowest BCUT2D eigenvalue weighted by molar-refractivity contribution is -0.141. The second kappa shape index (κ2) is 41.9. The van der Waals surface area contributed by atoms with E-state index in [1.807, 2.05) is 122 Å². The molecule has 34 nitrogen and oxygen atoms in total. The molecule has 0 saturated carbocycles. The Morgan fingerprint density at radius 3 is 1.08 bits per heavy atom. The van der Waals surface area contributed by atoms with E-state index >= 15 is 0 Å². The predicted molar refractivity (Wildman–Crippen MR) is 531 cm³/mol. The zero-order valence-corrected chi connectivity index (χ0v) is 79.1. The maximum absolute atomic E-state index is 13.8. The lowest BCUT2D eigenvalue weighted by Crippen LogP contribution is -2.41. The van der Waals surface area contributed by atoms with Gasteiger partial charge in [0.25, 0.3) is 0 Å². The molecule has 20 aromatic rings. The lowest BCUT2D eigenvalue weighted by Gasteiger charge is -2.32. The first-order valence-electron chi connectivity index (χ1n) is 44.7. The smallest absolute Gasteiger partial charge is 0.423 e. The van der Waals surface area contributed by atoms with E-state index in [-0.39, 0.29) is 24.1 Å². The lowest BCUT2D eigenvalue weighted by atomic mass is 9.79. The van der Waals surface area contributed by atoms with Crippen LogP contribution < -0.4 is 42.8 Å². The van der Waals surface area contributed by atoms with Crippen LogP contribution in [0.2, 0.25) is 0 Å². The number of nitrogens with zero attached hydrogens (tertiary/aromatic N) is 24. The average molecular weight is 1970 g/mol. The number of para-hydroxylation sites is 4. The summed E-state index contributed by atoms with van der Waals surface area (Å²) in [6, 6.07) is 49.3. The fourth-order valence-corrected chi connectivity index (χ4v) is 15.3. The highest BCUT2D eigenvalue weighted by Gasteiger charge is 2.52. The van der Waals surface area contributed by atoms with E-state index in [0.29, 0.717) is 114 Å². The van der Waals surface area contributed by atoms with Crippen molar-refractivity contribution in [1.82, 2.24) is 117 Å². The number of hydrogen-bond acceptors (Lipinski definition) is 29. The molecule has 0 atom stereocenters. The third-order valence-electron chi connectivity index (χ3n) is 22.9. The summed E-state index contributed by atoms with van der Waals surface area (Å²) in [5.41, 5.74) is 8.62. The van der Waals surface area contributed by atoms with Crippen molar-refractivity contribution >= 4 is 144 Å². The standard InChI is InChI=1S/C24H26BN5O2.C21H22F2N8.C18H16BN5O2.2C18H12F4N6/c1-16-27-19-8-6-7-9-20(19)30(16)22-15-26-14-21(29-22)28-18-12-10-17(11-13-18)25-31-23(2,3)24(4,5)32-25;1-13-27-17-8-15(22)16(23)9-18(17)31(13)21-12-24-11-20(29-21)28-14-4-5-19(26-10-14)25-6-7-30(2)3;1-12-21-15-4-2-3-5-16(15)24(12)18-11-20-10-17(23-18)22-14-8-6-13(7-9-14)19(25)26;1-10-25-13-6-11(19)2-4-14(13)28(10)17-9-23-8-16(27-17)26-12-3-5-15(24-7-12)18(20,21)22;1-10-25-13-4-2-11(19)6-14(13)28(10)17-9-23-8-16(27-17)26-12-3-5-15(24-7-12)18(20,21)22/h6-15H,1-5H3,(H,28,29);4-5,8-12H,6-7H2,1-3H3,(H,25,26)(H,28,29);2-11,25-26H,1H3,(H,22,23);2*2-9H,1H3,(H,26,27). The Labute approximate surface area is 820 Å². The van der Waals surface area contributed by atoms with Crippen molar-refractivity contribution in [3.63, 3.8) is 0 Å². The molecule has 13 aromatic heterocycles. The summed E-state index contributed by atoms with van der Waals surface area (Å²) in [5, 5.41) is 37.0. The van der Waals surface area contributed by atoms with Crippen LogP contribution in [0.5, 0.6) is 0 Å². The molecule has 0 spiro atoms. The number of benzene rings is 7. The van der Waals surface area contributed by atoms with E-state index < -0.39 is 54.1 Å². The Kier molecular flexibility index (Phi) is 28.7. The molecule has 0 radical (unpaired) electrons. The van der Waals surface area contributed by atoms with Crippen LogP contribution >= 0.6 is 0 Å². The van der Waals surface area contributed by atoms with Gasteiger partial charge in [-0.05, 0) is 197 Å². The third kappa shape index (κ3) is 23.2. The van der Waals surface area contributed by atoms with Gasteiger partial charge in [-0.2, -0.15) is 26.3 Å². The van der Waals surface area contributed by atoms with Gasteiger partial charge in [-0.25, -0.2) is 82.4 Å². The van der Waals surface area contributed by atoms with Crippen molar-refractivity contribution < 1.29 is 63.3 Å². The van der Waals surface area contributed by atoms with Gasteiger partial charge in [0.05, 0.1) is 164 Å². The van der Waals surface area contributed by atoms with Crippen LogP contribution in [0.4, 0.5) is 107 Å². The number of alkyl halides is 6. The summed E-state index contributed by atoms with van der Waals surface area (Å²) in [7, 11) is 2.17. The van der Waals surface area contributed by atoms with Gasteiger partial charge in [0, 0.05) is 48.7 Å². The van der Waals surface area contributed by atoms with E-state index in [4.69, 9.17) is 24.3 Å². The highest BCUT2D eigenvalue weighted by molar-refractivity contribution is 6.62. The Morgan fingerprint density at radius 1 is 0.345 bits per heavy atom. The van der Waals surface area contributed by atoms with Gasteiger partial charge in [0.15, 0.2) is 69.8 Å². The molecule has 734 valence electrons. The number of pyridine rings is 3. The van der Waals surface area contributed by atoms with Gasteiger partial charge in [-0.15, -0.1) is 0 Å². The van der Waals surface area contributed by atoms with E-state index in [2.05, 4.69) is 149 Å². The minimum atomic E-state index is -4.51. The number of likely N-dealkylation sites (N-methyl/N-ethyl adjacent to an activating group) is 1.